The van der Waals surface area contributed by atoms with Crippen molar-refractivity contribution in [3.05, 3.63) is 24.8 Å². The van der Waals surface area contributed by atoms with Crippen molar-refractivity contribution in [1.29, 1.82) is 0 Å². The van der Waals surface area contributed by atoms with Crippen molar-refractivity contribution < 1.29 is 14.4 Å². The first kappa shape index (κ1) is 13.8. The van der Waals surface area contributed by atoms with Crippen LogP contribution in [0.4, 0.5) is 0 Å². The van der Waals surface area contributed by atoms with Gasteiger partial charge in [-0.1, -0.05) is 24.2 Å². The van der Waals surface area contributed by atoms with Crippen molar-refractivity contribution in [3.8, 4) is 0 Å². The highest BCUT2D eigenvalue weighted by Gasteiger charge is 2.89. The average molecular weight is 237 g/mol. The number of ether oxygens (including phenoxy) is 1. The van der Waals surface area contributed by atoms with Crippen LogP contribution >= 0.6 is 0 Å². The lowest BCUT2D eigenvalue weighted by molar-refractivity contribution is -0.479. The summed E-state index contributed by atoms with van der Waals surface area (Å²) in [5, 5.41) is 10.6. The van der Waals surface area contributed by atoms with E-state index in [4.69, 9.17) is 4.74 Å². The maximum Gasteiger partial charge on any atom is 0.279 e. The summed E-state index contributed by atoms with van der Waals surface area (Å²) in [5.41, 5.74) is -0.679. The number of methoxy groups -OCH3 is 1. The molecule has 1 N–H and O–H groups in total. The molecule has 0 aromatic heterocycles. The second kappa shape index (κ2) is 3.89. The molecule has 4 heteroatoms. The van der Waals surface area contributed by atoms with E-state index in [9.17, 15) is 5.11 Å². The van der Waals surface area contributed by atoms with Gasteiger partial charge in [0.1, 0.15) is 7.05 Å². The molecule has 4 nitrogen and oxygen atoms in total. The van der Waals surface area contributed by atoms with Crippen molar-refractivity contribution in [1.82, 2.24) is 0 Å². The summed E-state index contributed by atoms with van der Waals surface area (Å²) in [6, 6.07) is 0. The fraction of sp³-hybridized carbons (Fsp3) is 0.538. The molecule has 0 aromatic rings. The zero-order chi connectivity index (χ0) is 13.5. The molecule has 1 saturated carbocycles. The minimum absolute atomic E-state index is 0.667. The molecule has 3 unspecified atom stereocenters. The van der Waals surface area contributed by atoms with E-state index in [1.807, 2.05) is 13.8 Å². The van der Waals surface area contributed by atoms with Gasteiger partial charge in [0.05, 0.1) is 12.1 Å². The number of aliphatic imine (C=N–C) groups is 1. The molecular formula is C13H21N2O2+. The monoisotopic (exact) mass is 237 g/mol. The Hall–Kier alpha value is -1.26. The zero-order valence-corrected chi connectivity index (χ0v) is 11.0. The minimum Gasteiger partial charge on any atom is -0.361 e. The van der Waals surface area contributed by atoms with E-state index in [2.05, 4.69) is 24.9 Å². The summed E-state index contributed by atoms with van der Waals surface area (Å²) < 4.78 is 6.88. The predicted molar refractivity (Wildman–Crippen MR) is 69.6 cm³/mol. The van der Waals surface area contributed by atoms with Crippen molar-refractivity contribution in [2.75, 3.05) is 14.2 Å². The van der Waals surface area contributed by atoms with Gasteiger partial charge in [0.2, 0.25) is 5.79 Å². The van der Waals surface area contributed by atoms with Crippen LogP contribution in [0.15, 0.2) is 29.8 Å². The van der Waals surface area contributed by atoms with Crippen LogP contribution in [0.1, 0.15) is 13.8 Å². The lowest BCUT2D eigenvalue weighted by Gasteiger charge is -2.14. The highest BCUT2D eigenvalue weighted by atomic mass is 16.6. The fourth-order valence-electron chi connectivity index (χ4n) is 2.70. The van der Waals surface area contributed by atoms with Crippen molar-refractivity contribution in [3.63, 3.8) is 0 Å². The highest BCUT2D eigenvalue weighted by molar-refractivity contribution is 5.54. The predicted octanol–water partition coefficient (Wildman–Crippen LogP) is 1.21. The van der Waals surface area contributed by atoms with Gasteiger partial charge in [0, 0.05) is 7.11 Å². The third-order valence-electron chi connectivity index (χ3n) is 4.26. The van der Waals surface area contributed by atoms with E-state index in [1.165, 1.54) is 7.11 Å². The summed E-state index contributed by atoms with van der Waals surface area (Å²) in [6.45, 7) is 15.3. The smallest absolute Gasteiger partial charge is 0.279 e. The minimum atomic E-state index is -1.35. The molecule has 0 aliphatic heterocycles. The number of hydrogen-bond donors (Lipinski definition) is 1. The van der Waals surface area contributed by atoms with Gasteiger partial charge in [-0.3, -0.25) is 0 Å². The molecule has 0 aromatic carbocycles. The van der Waals surface area contributed by atoms with Crippen molar-refractivity contribution in [2.24, 2.45) is 10.4 Å². The van der Waals surface area contributed by atoms with Crippen LogP contribution in [0, 0.1) is 5.41 Å². The Morgan fingerprint density at radius 1 is 1.47 bits per heavy atom. The summed E-state index contributed by atoms with van der Waals surface area (Å²) in [7, 11) is 3.12. The molecule has 0 heterocycles. The summed E-state index contributed by atoms with van der Waals surface area (Å²) >= 11 is 0. The van der Waals surface area contributed by atoms with Gasteiger partial charge in [-0.25, -0.2) is 4.58 Å². The SMILES string of the molecule is C=CC(=C)C1(C)C(O)(OC)C1(C)[N+](=C)C=NC. The fourth-order valence-corrected chi connectivity index (χ4v) is 2.70. The Bertz CT molecular complexity index is 416. The Morgan fingerprint density at radius 2 is 2.00 bits per heavy atom. The van der Waals surface area contributed by atoms with Crippen LogP contribution in [-0.2, 0) is 4.74 Å². The molecule has 0 saturated heterocycles. The molecule has 0 spiro atoms. The van der Waals surface area contributed by atoms with Gasteiger partial charge < -0.3 is 9.84 Å². The molecule has 17 heavy (non-hydrogen) atoms. The van der Waals surface area contributed by atoms with Crippen molar-refractivity contribution >= 4 is 13.1 Å². The summed E-state index contributed by atoms with van der Waals surface area (Å²) in [6.07, 6.45) is 3.19. The highest BCUT2D eigenvalue weighted by Crippen LogP contribution is 2.70. The van der Waals surface area contributed by atoms with E-state index in [1.54, 1.807) is 24.0 Å². The van der Waals surface area contributed by atoms with Gasteiger partial charge in [0.25, 0.3) is 6.34 Å². The van der Waals surface area contributed by atoms with Crippen LogP contribution in [0.5, 0.6) is 0 Å². The molecule has 0 amide bonds. The molecule has 1 aliphatic carbocycles. The van der Waals surface area contributed by atoms with Gasteiger partial charge in [0.15, 0.2) is 5.54 Å². The molecule has 1 fully saturated rings. The van der Waals surface area contributed by atoms with Crippen LogP contribution in [-0.4, -0.2) is 48.2 Å². The second-order valence-electron chi connectivity index (χ2n) is 4.62. The number of aliphatic hydroxyl groups is 1. The van der Waals surface area contributed by atoms with Gasteiger partial charge >= 0.3 is 0 Å². The average Bonchev–Trinajstić information content (AvgIpc) is 2.73. The van der Waals surface area contributed by atoms with Crippen LogP contribution < -0.4 is 0 Å². The summed E-state index contributed by atoms with van der Waals surface area (Å²) in [4.78, 5) is 3.91. The van der Waals surface area contributed by atoms with Crippen LogP contribution in [0.25, 0.3) is 0 Å². The first-order valence-electron chi connectivity index (χ1n) is 5.39. The molecular weight excluding hydrogens is 216 g/mol. The third-order valence-corrected chi connectivity index (χ3v) is 4.26. The zero-order valence-electron chi connectivity index (χ0n) is 11.0. The maximum atomic E-state index is 10.6. The lowest BCUT2D eigenvalue weighted by atomic mass is 9.93. The van der Waals surface area contributed by atoms with Crippen LogP contribution in [0.3, 0.4) is 0 Å². The number of hydrogen-bond acceptors (Lipinski definition) is 3. The molecule has 1 aliphatic rings. The first-order chi connectivity index (χ1) is 7.77. The largest absolute Gasteiger partial charge is 0.361 e. The summed E-state index contributed by atoms with van der Waals surface area (Å²) in [5.74, 6) is -1.35. The topological polar surface area (TPSA) is 44.8 Å². The lowest BCUT2D eigenvalue weighted by Crippen LogP contribution is -2.35. The number of rotatable bonds is 5. The number of nitrogens with zero attached hydrogens (tertiary/aromatic N) is 2. The molecule has 0 bridgehead atoms. The van der Waals surface area contributed by atoms with Gasteiger partial charge in [-0.2, -0.15) is 0 Å². The molecule has 3 atom stereocenters. The number of allylic oxidation sites excluding steroid dienone is 1. The molecule has 0 radical (unpaired) electrons. The van der Waals surface area contributed by atoms with E-state index < -0.39 is 16.7 Å². The Kier molecular flexibility index (Phi) is 3.16. The van der Waals surface area contributed by atoms with Crippen LogP contribution in [0.2, 0.25) is 0 Å². The Balaban J connectivity index is 3.30. The Morgan fingerprint density at radius 3 is 2.35 bits per heavy atom. The van der Waals surface area contributed by atoms with Gasteiger partial charge in [-0.05, 0) is 19.4 Å². The quantitative estimate of drug-likeness (QED) is 0.257. The standard InChI is InChI=1S/C13H21N2O2/c1-8-10(2)11(3)12(4,13(11,16)17-7)15(6)9-14-5/h8-9,16H,1-2,6H2,3-5,7H3/q+1. The first-order valence-corrected chi connectivity index (χ1v) is 5.39. The maximum absolute atomic E-state index is 10.6. The van der Waals surface area contributed by atoms with E-state index in [0.717, 1.165) is 0 Å². The normalized spacial score (nSPS) is 40.3. The van der Waals surface area contributed by atoms with Crippen molar-refractivity contribution in [2.45, 2.75) is 25.2 Å². The third kappa shape index (κ3) is 1.25. The molecule has 1 rings (SSSR count). The second-order valence-corrected chi connectivity index (χ2v) is 4.62. The van der Waals surface area contributed by atoms with E-state index in [0.29, 0.717) is 5.57 Å². The Labute approximate surface area is 103 Å². The van der Waals surface area contributed by atoms with E-state index >= 15 is 0 Å². The molecule has 94 valence electrons. The van der Waals surface area contributed by atoms with Gasteiger partial charge in [-0.15, -0.1) is 0 Å². The van der Waals surface area contributed by atoms with E-state index in [-0.39, 0.29) is 0 Å².